The topological polar surface area (TPSA) is 52.7 Å². The molecule has 0 aliphatic heterocycles. The molecule has 0 saturated heterocycles. The third-order valence-electron chi connectivity index (χ3n) is 4.04. The molecule has 1 atom stereocenters. The summed E-state index contributed by atoms with van der Waals surface area (Å²) in [4.78, 5) is 17.2. The van der Waals surface area contributed by atoms with Crippen molar-refractivity contribution < 1.29 is 0 Å². The lowest BCUT2D eigenvalue weighted by Gasteiger charge is -2.16. The highest BCUT2D eigenvalue weighted by Gasteiger charge is 2.13. The van der Waals surface area contributed by atoms with Gasteiger partial charge in [0.15, 0.2) is 0 Å². The van der Waals surface area contributed by atoms with Gasteiger partial charge < -0.3 is 0 Å². The first-order valence-corrected chi connectivity index (χ1v) is 7.45. The normalized spacial score (nSPS) is 12.7. The molecule has 0 unspecified atom stereocenters. The molecule has 0 bridgehead atoms. The molecule has 0 aliphatic rings. The van der Waals surface area contributed by atoms with Crippen LogP contribution in [0.4, 0.5) is 0 Å². The number of nitrogens with zero attached hydrogens (tertiary/aromatic N) is 4. The van der Waals surface area contributed by atoms with E-state index in [4.69, 9.17) is 0 Å². The quantitative estimate of drug-likeness (QED) is 0.747. The summed E-state index contributed by atoms with van der Waals surface area (Å²) in [7, 11) is 0. The Kier molecular flexibility index (Phi) is 3.56. The van der Waals surface area contributed by atoms with Gasteiger partial charge in [-0.3, -0.25) is 14.0 Å². The van der Waals surface area contributed by atoms with E-state index in [1.54, 1.807) is 10.9 Å². The summed E-state index contributed by atoms with van der Waals surface area (Å²) in [5, 5.41) is 5.17. The second-order valence-electron chi connectivity index (χ2n) is 5.88. The van der Waals surface area contributed by atoms with E-state index in [1.165, 1.54) is 0 Å². The van der Waals surface area contributed by atoms with Crippen LogP contribution in [0.25, 0.3) is 10.9 Å². The van der Waals surface area contributed by atoms with E-state index in [0.29, 0.717) is 11.9 Å². The Hall–Kier alpha value is -2.43. The molecule has 114 valence electrons. The van der Waals surface area contributed by atoms with Crippen LogP contribution in [0, 0.1) is 20.8 Å². The van der Waals surface area contributed by atoms with Gasteiger partial charge in [-0.15, -0.1) is 0 Å². The Morgan fingerprint density at radius 3 is 2.68 bits per heavy atom. The molecule has 0 fully saturated rings. The van der Waals surface area contributed by atoms with Gasteiger partial charge in [-0.2, -0.15) is 5.10 Å². The summed E-state index contributed by atoms with van der Waals surface area (Å²) in [6.07, 6.45) is 1.64. The molecule has 3 rings (SSSR count). The maximum atomic E-state index is 12.8. The second kappa shape index (κ2) is 5.40. The zero-order valence-electron chi connectivity index (χ0n) is 13.4. The standard InChI is InChI=1S/C17H20N4O/c1-11-6-5-7-15-16(11)17(22)20(10-18-15)14(4)9-21-13(3)8-12(2)19-21/h5-8,10,14H,9H2,1-4H3/t14-/m0/s1. The van der Waals surface area contributed by atoms with Crippen LogP contribution in [-0.4, -0.2) is 19.3 Å². The van der Waals surface area contributed by atoms with Crippen LogP contribution in [-0.2, 0) is 6.54 Å². The van der Waals surface area contributed by atoms with E-state index in [-0.39, 0.29) is 11.6 Å². The Morgan fingerprint density at radius 1 is 1.23 bits per heavy atom. The average Bonchev–Trinajstić information content (AvgIpc) is 2.77. The van der Waals surface area contributed by atoms with E-state index in [2.05, 4.69) is 10.1 Å². The summed E-state index contributed by atoms with van der Waals surface area (Å²) in [5.41, 5.74) is 3.81. The minimum atomic E-state index is -0.0120. The van der Waals surface area contributed by atoms with Crippen LogP contribution in [0.5, 0.6) is 0 Å². The fourth-order valence-electron chi connectivity index (χ4n) is 2.86. The highest BCUT2D eigenvalue weighted by molar-refractivity contribution is 5.80. The highest BCUT2D eigenvalue weighted by atomic mass is 16.1. The second-order valence-corrected chi connectivity index (χ2v) is 5.88. The minimum absolute atomic E-state index is 0.0112. The molecule has 0 amide bonds. The van der Waals surface area contributed by atoms with E-state index >= 15 is 0 Å². The average molecular weight is 296 g/mol. The van der Waals surface area contributed by atoms with Gasteiger partial charge in [0, 0.05) is 5.69 Å². The van der Waals surface area contributed by atoms with Crippen molar-refractivity contribution in [3.8, 4) is 0 Å². The van der Waals surface area contributed by atoms with Gasteiger partial charge in [-0.1, -0.05) is 12.1 Å². The lowest BCUT2D eigenvalue weighted by Crippen LogP contribution is -2.27. The number of hydrogen-bond donors (Lipinski definition) is 0. The molecule has 0 N–H and O–H groups in total. The van der Waals surface area contributed by atoms with Crippen LogP contribution >= 0.6 is 0 Å². The largest absolute Gasteiger partial charge is 0.294 e. The van der Waals surface area contributed by atoms with Crippen molar-refractivity contribution in [3.05, 3.63) is 57.9 Å². The van der Waals surface area contributed by atoms with Crippen molar-refractivity contribution in [3.63, 3.8) is 0 Å². The zero-order valence-corrected chi connectivity index (χ0v) is 13.4. The lowest BCUT2D eigenvalue weighted by molar-refractivity contribution is 0.419. The van der Waals surface area contributed by atoms with Crippen LogP contribution in [0.3, 0.4) is 0 Å². The van der Waals surface area contributed by atoms with Gasteiger partial charge in [0.25, 0.3) is 5.56 Å². The van der Waals surface area contributed by atoms with Gasteiger partial charge in [-0.05, 0) is 45.4 Å². The van der Waals surface area contributed by atoms with Crippen molar-refractivity contribution in [2.45, 2.75) is 40.3 Å². The number of rotatable bonds is 3. The van der Waals surface area contributed by atoms with Gasteiger partial charge >= 0.3 is 0 Å². The summed E-state index contributed by atoms with van der Waals surface area (Å²) >= 11 is 0. The molecule has 1 aromatic carbocycles. The van der Waals surface area contributed by atoms with Gasteiger partial charge in [0.1, 0.15) is 0 Å². The third kappa shape index (κ3) is 2.43. The molecule has 5 nitrogen and oxygen atoms in total. The SMILES string of the molecule is Cc1cc(C)n(C[C@H](C)n2cnc3cccc(C)c3c2=O)n1. The van der Waals surface area contributed by atoms with Crippen molar-refractivity contribution in [1.82, 2.24) is 19.3 Å². The number of benzene rings is 1. The fraction of sp³-hybridized carbons (Fsp3) is 0.353. The molecule has 2 heterocycles. The van der Waals surface area contributed by atoms with Crippen molar-refractivity contribution in [2.24, 2.45) is 0 Å². The van der Waals surface area contributed by atoms with E-state index in [9.17, 15) is 4.79 Å². The fourth-order valence-corrected chi connectivity index (χ4v) is 2.86. The Morgan fingerprint density at radius 2 is 2.00 bits per heavy atom. The number of aryl methyl sites for hydroxylation is 3. The van der Waals surface area contributed by atoms with E-state index in [0.717, 1.165) is 22.5 Å². The minimum Gasteiger partial charge on any atom is -0.294 e. The summed E-state index contributed by atoms with van der Waals surface area (Å²) in [6, 6.07) is 7.77. The molecular weight excluding hydrogens is 276 g/mol. The predicted molar refractivity (Wildman–Crippen MR) is 87.2 cm³/mol. The molecular formula is C17H20N4O. The van der Waals surface area contributed by atoms with Gasteiger partial charge in [-0.25, -0.2) is 4.98 Å². The Balaban J connectivity index is 2.03. The first kappa shape index (κ1) is 14.5. The number of hydrogen-bond acceptors (Lipinski definition) is 3. The van der Waals surface area contributed by atoms with Gasteiger partial charge in [0.05, 0.1) is 35.5 Å². The van der Waals surface area contributed by atoms with Crippen LogP contribution in [0.2, 0.25) is 0 Å². The predicted octanol–water partition coefficient (Wildman–Crippen LogP) is 2.78. The summed E-state index contributed by atoms with van der Waals surface area (Å²) < 4.78 is 3.64. The van der Waals surface area contributed by atoms with Crippen molar-refractivity contribution in [1.29, 1.82) is 0 Å². The summed E-state index contributed by atoms with van der Waals surface area (Å²) in [6.45, 7) is 8.61. The molecule has 0 radical (unpaired) electrons. The monoisotopic (exact) mass is 296 g/mol. The van der Waals surface area contributed by atoms with Crippen LogP contribution in [0.15, 0.2) is 35.4 Å². The molecule has 3 aromatic rings. The van der Waals surface area contributed by atoms with Crippen molar-refractivity contribution in [2.75, 3.05) is 0 Å². The number of aromatic nitrogens is 4. The zero-order chi connectivity index (χ0) is 15.9. The smallest absolute Gasteiger partial charge is 0.261 e. The van der Waals surface area contributed by atoms with Crippen LogP contribution in [0.1, 0.15) is 29.9 Å². The third-order valence-corrected chi connectivity index (χ3v) is 4.04. The highest BCUT2D eigenvalue weighted by Crippen LogP contribution is 2.14. The maximum absolute atomic E-state index is 12.8. The van der Waals surface area contributed by atoms with Crippen molar-refractivity contribution >= 4 is 10.9 Å². The molecule has 22 heavy (non-hydrogen) atoms. The molecule has 5 heteroatoms. The van der Waals surface area contributed by atoms with Gasteiger partial charge in [0.2, 0.25) is 0 Å². The number of fused-ring (bicyclic) bond motifs is 1. The van der Waals surface area contributed by atoms with Crippen LogP contribution < -0.4 is 5.56 Å². The first-order chi connectivity index (χ1) is 10.5. The molecule has 2 aromatic heterocycles. The molecule has 0 spiro atoms. The Bertz CT molecular complexity index is 891. The van der Waals surface area contributed by atoms with E-state index < -0.39 is 0 Å². The summed E-state index contributed by atoms with van der Waals surface area (Å²) in [5.74, 6) is 0. The lowest BCUT2D eigenvalue weighted by atomic mass is 10.1. The molecule has 0 aliphatic carbocycles. The van der Waals surface area contributed by atoms with E-state index in [1.807, 2.05) is 56.6 Å². The maximum Gasteiger partial charge on any atom is 0.261 e. The Labute approximate surface area is 129 Å². The molecule has 0 saturated carbocycles. The first-order valence-electron chi connectivity index (χ1n) is 7.45.